The standard InChI is InChI=1S/C14H18F3N/c1-8-5-6-14(18,7-9(8)2)10-3-4-11(15)13(17)12(10)16/h3-4,8-9H,5-7,18H2,1-2H3. The van der Waals surface area contributed by atoms with Gasteiger partial charge in [0, 0.05) is 11.1 Å². The molecule has 2 N–H and O–H groups in total. The molecule has 0 spiro atoms. The number of benzene rings is 1. The second kappa shape index (κ2) is 4.57. The Morgan fingerprint density at radius 2 is 1.78 bits per heavy atom. The van der Waals surface area contributed by atoms with E-state index in [1.54, 1.807) is 0 Å². The van der Waals surface area contributed by atoms with E-state index in [0.29, 0.717) is 24.7 Å². The third-order valence-electron chi connectivity index (χ3n) is 4.28. The van der Waals surface area contributed by atoms with Crippen molar-refractivity contribution < 1.29 is 13.2 Å². The maximum Gasteiger partial charge on any atom is 0.194 e. The molecule has 1 nitrogen and oxygen atoms in total. The maximum absolute atomic E-state index is 13.8. The van der Waals surface area contributed by atoms with E-state index in [-0.39, 0.29) is 5.56 Å². The summed E-state index contributed by atoms with van der Waals surface area (Å²) in [5.74, 6) is -2.87. The SMILES string of the molecule is CC1CCC(N)(c2ccc(F)c(F)c2F)CC1C. The summed E-state index contributed by atoms with van der Waals surface area (Å²) in [7, 11) is 0. The van der Waals surface area contributed by atoms with Gasteiger partial charge in [-0.1, -0.05) is 19.9 Å². The van der Waals surface area contributed by atoms with Crippen LogP contribution >= 0.6 is 0 Å². The van der Waals surface area contributed by atoms with Crippen LogP contribution in [0.5, 0.6) is 0 Å². The molecule has 18 heavy (non-hydrogen) atoms. The van der Waals surface area contributed by atoms with Crippen LogP contribution in [0.1, 0.15) is 38.7 Å². The van der Waals surface area contributed by atoms with Gasteiger partial charge in [0.15, 0.2) is 17.5 Å². The van der Waals surface area contributed by atoms with Crippen LogP contribution in [0, 0.1) is 29.3 Å². The second-order valence-electron chi connectivity index (χ2n) is 5.58. The largest absolute Gasteiger partial charge is 0.321 e. The highest BCUT2D eigenvalue weighted by Crippen LogP contribution is 2.41. The van der Waals surface area contributed by atoms with Crippen molar-refractivity contribution in [1.29, 1.82) is 0 Å². The van der Waals surface area contributed by atoms with Crippen LogP contribution < -0.4 is 5.73 Å². The fraction of sp³-hybridized carbons (Fsp3) is 0.571. The number of hydrogen-bond donors (Lipinski definition) is 1. The summed E-state index contributed by atoms with van der Waals surface area (Å²) in [5, 5.41) is 0. The molecule has 0 aliphatic heterocycles. The van der Waals surface area contributed by atoms with Crippen molar-refractivity contribution in [2.45, 2.75) is 38.6 Å². The number of rotatable bonds is 1. The fourth-order valence-electron chi connectivity index (χ4n) is 2.80. The van der Waals surface area contributed by atoms with Crippen LogP contribution in [0.4, 0.5) is 13.2 Å². The Morgan fingerprint density at radius 1 is 1.11 bits per heavy atom. The van der Waals surface area contributed by atoms with Crippen LogP contribution in [-0.4, -0.2) is 0 Å². The first-order valence-corrected chi connectivity index (χ1v) is 6.28. The summed E-state index contributed by atoms with van der Waals surface area (Å²) < 4.78 is 40.0. The van der Waals surface area contributed by atoms with Crippen LogP contribution in [-0.2, 0) is 5.54 Å². The van der Waals surface area contributed by atoms with Crippen LogP contribution in [0.2, 0.25) is 0 Å². The van der Waals surface area contributed by atoms with Crippen LogP contribution in [0.25, 0.3) is 0 Å². The summed E-state index contributed by atoms with van der Waals surface area (Å²) >= 11 is 0. The molecule has 4 heteroatoms. The molecule has 100 valence electrons. The molecule has 1 aromatic rings. The molecule has 0 heterocycles. The van der Waals surface area contributed by atoms with Gasteiger partial charge in [-0.25, -0.2) is 13.2 Å². The molecule has 2 rings (SSSR count). The lowest BCUT2D eigenvalue weighted by molar-refractivity contribution is 0.172. The van der Waals surface area contributed by atoms with Gasteiger partial charge in [0.05, 0.1) is 0 Å². The molecule has 0 aromatic heterocycles. The molecule has 1 fully saturated rings. The quantitative estimate of drug-likeness (QED) is 0.762. The van der Waals surface area contributed by atoms with E-state index in [1.807, 2.05) is 0 Å². The summed E-state index contributed by atoms with van der Waals surface area (Å²) in [4.78, 5) is 0. The Hall–Kier alpha value is -1.03. The summed E-state index contributed by atoms with van der Waals surface area (Å²) in [6.07, 6.45) is 2.06. The first kappa shape index (κ1) is 13.4. The highest BCUT2D eigenvalue weighted by Gasteiger charge is 2.38. The normalized spacial score (nSPS) is 32.6. The first-order valence-electron chi connectivity index (χ1n) is 6.28. The average Bonchev–Trinajstić information content (AvgIpc) is 2.31. The molecular weight excluding hydrogens is 239 g/mol. The lowest BCUT2D eigenvalue weighted by Crippen LogP contribution is -2.44. The lowest BCUT2D eigenvalue weighted by Gasteiger charge is -2.40. The van der Waals surface area contributed by atoms with Gasteiger partial charge in [-0.3, -0.25) is 0 Å². The smallest absolute Gasteiger partial charge is 0.194 e. The van der Waals surface area contributed by atoms with Crippen molar-refractivity contribution in [3.8, 4) is 0 Å². The minimum absolute atomic E-state index is 0.0974. The molecule has 3 unspecified atom stereocenters. The molecule has 1 saturated carbocycles. The van der Waals surface area contributed by atoms with Gasteiger partial charge in [-0.2, -0.15) is 0 Å². The van der Waals surface area contributed by atoms with Crippen molar-refractivity contribution in [2.24, 2.45) is 17.6 Å². The number of halogens is 3. The Morgan fingerprint density at radius 3 is 2.39 bits per heavy atom. The van der Waals surface area contributed by atoms with Crippen LogP contribution in [0.15, 0.2) is 12.1 Å². The predicted molar refractivity (Wildman–Crippen MR) is 64.4 cm³/mol. The monoisotopic (exact) mass is 257 g/mol. The Bertz CT molecular complexity index is 461. The van der Waals surface area contributed by atoms with Gasteiger partial charge in [0.25, 0.3) is 0 Å². The molecule has 0 radical (unpaired) electrons. The molecule has 0 amide bonds. The Labute approximate surface area is 105 Å². The molecular formula is C14H18F3N. The van der Waals surface area contributed by atoms with Gasteiger partial charge in [-0.15, -0.1) is 0 Å². The Balaban J connectivity index is 2.39. The van der Waals surface area contributed by atoms with Crippen molar-refractivity contribution in [1.82, 2.24) is 0 Å². The lowest BCUT2D eigenvalue weighted by atomic mass is 9.69. The van der Waals surface area contributed by atoms with Gasteiger partial charge in [0.2, 0.25) is 0 Å². The van der Waals surface area contributed by atoms with E-state index in [2.05, 4.69) is 13.8 Å². The van der Waals surface area contributed by atoms with Crippen molar-refractivity contribution in [3.05, 3.63) is 35.1 Å². The zero-order chi connectivity index (χ0) is 13.5. The van der Waals surface area contributed by atoms with Gasteiger partial charge < -0.3 is 5.73 Å². The van der Waals surface area contributed by atoms with Crippen LogP contribution in [0.3, 0.4) is 0 Å². The van der Waals surface area contributed by atoms with Crippen molar-refractivity contribution in [2.75, 3.05) is 0 Å². The van der Waals surface area contributed by atoms with E-state index < -0.39 is 23.0 Å². The maximum atomic E-state index is 13.8. The molecule has 3 atom stereocenters. The van der Waals surface area contributed by atoms with E-state index in [1.165, 1.54) is 6.07 Å². The summed E-state index contributed by atoms with van der Waals surface area (Å²) in [6, 6.07) is 2.22. The van der Waals surface area contributed by atoms with Gasteiger partial charge >= 0.3 is 0 Å². The molecule has 1 aliphatic rings. The second-order valence-corrected chi connectivity index (χ2v) is 5.58. The highest BCUT2D eigenvalue weighted by molar-refractivity contribution is 5.28. The molecule has 1 aliphatic carbocycles. The van der Waals surface area contributed by atoms with Gasteiger partial charge in [0.1, 0.15) is 0 Å². The number of hydrogen-bond acceptors (Lipinski definition) is 1. The van der Waals surface area contributed by atoms with Crippen molar-refractivity contribution in [3.63, 3.8) is 0 Å². The zero-order valence-corrected chi connectivity index (χ0v) is 10.6. The summed E-state index contributed by atoms with van der Waals surface area (Å²) in [6.45, 7) is 4.19. The molecule has 0 saturated heterocycles. The highest BCUT2D eigenvalue weighted by atomic mass is 19.2. The third-order valence-corrected chi connectivity index (χ3v) is 4.28. The molecule has 0 bridgehead atoms. The van der Waals surface area contributed by atoms with E-state index in [4.69, 9.17) is 5.73 Å². The summed E-state index contributed by atoms with van der Waals surface area (Å²) in [5.41, 5.74) is 5.44. The predicted octanol–water partition coefficient (Wildman–Crippen LogP) is 3.71. The Kier molecular flexibility index (Phi) is 3.41. The van der Waals surface area contributed by atoms with E-state index >= 15 is 0 Å². The fourth-order valence-corrected chi connectivity index (χ4v) is 2.80. The van der Waals surface area contributed by atoms with Crippen molar-refractivity contribution >= 4 is 0 Å². The first-order chi connectivity index (χ1) is 8.35. The van der Waals surface area contributed by atoms with E-state index in [0.717, 1.165) is 12.5 Å². The minimum atomic E-state index is -1.43. The van der Waals surface area contributed by atoms with E-state index in [9.17, 15) is 13.2 Å². The van der Waals surface area contributed by atoms with Gasteiger partial charge in [-0.05, 0) is 37.2 Å². The minimum Gasteiger partial charge on any atom is -0.321 e. The third kappa shape index (κ3) is 2.14. The molecule has 1 aromatic carbocycles. The topological polar surface area (TPSA) is 26.0 Å². The number of nitrogens with two attached hydrogens (primary N) is 1. The zero-order valence-electron chi connectivity index (χ0n) is 10.6. The average molecular weight is 257 g/mol.